The summed E-state index contributed by atoms with van der Waals surface area (Å²) in [6, 6.07) is 15.0. The third-order valence-corrected chi connectivity index (χ3v) is 5.25. The molecule has 36 heavy (non-hydrogen) atoms. The molecule has 0 radical (unpaired) electrons. The van der Waals surface area contributed by atoms with Gasteiger partial charge in [0.15, 0.2) is 0 Å². The number of carbonyl (C=O) groups excluding carboxylic acids is 4. The van der Waals surface area contributed by atoms with Crippen LogP contribution in [0.2, 0.25) is 0 Å². The van der Waals surface area contributed by atoms with Gasteiger partial charge in [0.2, 0.25) is 0 Å². The number of aromatic nitrogens is 1. The van der Waals surface area contributed by atoms with Crippen molar-refractivity contribution >= 4 is 29.3 Å². The van der Waals surface area contributed by atoms with Crippen molar-refractivity contribution in [2.75, 3.05) is 12.4 Å². The lowest BCUT2D eigenvalue weighted by Gasteiger charge is -2.22. The zero-order chi connectivity index (χ0) is 26.1. The maximum absolute atomic E-state index is 13.1. The number of carbonyl (C=O) groups is 4. The van der Waals surface area contributed by atoms with Crippen molar-refractivity contribution in [3.8, 4) is 5.75 Å². The lowest BCUT2D eigenvalue weighted by atomic mass is 10.0. The average Bonchev–Trinajstić information content (AvgIpc) is 2.90. The van der Waals surface area contributed by atoms with Crippen LogP contribution >= 0.6 is 0 Å². The smallest absolute Gasteiger partial charge is 0.269 e. The summed E-state index contributed by atoms with van der Waals surface area (Å²) in [6.07, 6.45) is 2.91. The molecule has 0 aliphatic carbocycles. The normalized spacial score (nSPS) is 11.2. The van der Waals surface area contributed by atoms with Crippen LogP contribution in [0.1, 0.15) is 44.9 Å². The van der Waals surface area contributed by atoms with Crippen molar-refractivity contribution in [1.29, 1.82) is 0 Å². The van der Waals surface area contributed by atoms with Gasteiger partial charge >= 0.3 is 0 Å². The molecule has 1 aromatic heterocycles. The fourth-order valence-corrected chi connectivity index (χ4v) is 3.25. The Balaban J connectivity index is 1.68. The molecule has 2 aromatic carbocycles. The van der Waals surface area contributed by atoms with Crippen LogP contribution in [0.4, 0.5) is 5.69 Å². The number of amides is 4. The first-order valence-corrected chi connectivity index (χ1v) is 11.2. The number of hydrogen-bond donors (Lipinski definition) is 4. The number of rotatable bonds is 8. The van der Waals surface area contributed by atoms with Gasteiger partial charge in [-0.2, -0.15) is 0 Å². The zero-order valence-corrected chi connectivity index (χ0v) is 20.1. The van der Waals surface area contributed by atoms with Crippen molar-refractivity contribution in [1.82, 2.24) is 21.2 Å². The molecule has 0 spiro atoms. The first kappa shape index (κ1) is 25.9. The summed E-state index contributed by atoms with van der Waals surface area (Å²) in [5.41, 5.74) is 5.83. The molecule has 0 saturated heterocycles. The summed E-state index contributed by atoms with van der Waals surface area (Å²) in [4.78, 5) is 54.6. The largest absolute Gasteiger partial charge is 0.497 e. The molecular formula is C26H27N5O5. The number of hydrogen-bond acceptors (Lipinski definition) is 6. The van der Waals surface area contributed by atoms with Crippen LogP contribution in [-0.2, 0) is 4.79 Å². The lowest BCUT2D eigenvalue weighted by molar-refractivity contribution is -0.124. The van der Waals surface area contributed by atoms with Crippen LogP contribution < -0.4 is 26.2 Å². The van der Waals surface area contributed by atoms with Crippen molar-refractivity contribution in [2.24, 2.45) is 5.92 Å². The molecule has 0 aliphatic heterocycles. The molecule has 186 valence electrons. The Morgan fingerprint density at radius 1 is 0.778 bits per heavy atom. The molecule has 4 N–H and O–H groups in total. The highest BCUT2D eigenvalue weighted by Crippen LogP contribution is 2.18. The standard InChI is InChI=1S/C26H27N5O5/c1-16(2)22(26(35)31-30-24(33)18-12-14-27-15-13-18)29-25(34)20-6-4-5-7-21(20)28-23(32)17-8-10-19(36-3)11-9-17/h4-16,22H,1-3H3,(H,28,32)(H,29,34)(H,30,33)(H,31,35)/t22-/m1/s1. The predicted molar refractivity (Wildman–Crippen MR) is 133 cm³/mol. The topological polar surface area (TPSA) is 139 Å². The Morgan fingerprint density at radius 3 is 2.06 bits per heavy atom. The highest BCUT2D eigenvalue weighted by Gasteiger charge is 2.26. The maximum Gasteiger partial charge on any atom is 0.269 e. The second-order valence-corrected chi connectivity index (χ2v) is 8.10. The Morgan fingerprint density at radius 2 is 1.42 bits per heavy atom. The van der Waals surface area contributed by atoms with Gasteiger partial charge in [-0.1, -0.05) is 26.0 Å². The van der Waals surface area contributed by atoms with Gasteiger partial charge in [-0.3, -0.25) is 35.0 Å². The zero-order valence-electron chi connectivity index (χ0n) is 20.1. The van der Waals surface area contributed by atoms with E-state index in [1.54, 1.807) is 62.4 Å². The van der Waals surface area contributed by atoms with Gasteiger partial charge in [0.1, 0.15) is 11.8 Å². The SMILES string of the molecule is COc1ccc(C(=O)Nc2ccccc2C(=O)N[C@@H](C(=O)NNC(=O)c2ccncc2)C(C)C)cc1. The van der Waals surface area contributed by atoms with Gasteiger partial charge in [0, 0.05) is 23.5 Å². The van der Waals surface area contributed by atoms with E-state index in [0.29, 0.717) is 16.9 Å². The van der Waals surface area contributed by atoms with E-state index in [1.807, 2.05) is 0 Å². The van der Waals surface area contributed by atoms with Crippen molar-refractivity contribution in [3.63, 3.8) is 0 Å². The van der Waals surface area contributed by atoms with Crippen LogP contribution in [0.25, 0.3) is 0 Å². The van der Waals surface area contributed by atoms with E-state index in [9.17, 15) is 19.2 Å². The maximum atomic E-state index is 13.1. The summed E-state index contributed by atoms with van der Waals surface area (Å²) in [6.45, 7) is 3.51. The number of methoxy groups -OCH3 is 1. The summed E-state index contributed by atoms with van der Waals surface area (Å²) >= 11 is 0. The van der Waals surface area contributed by atoms with Crippen LogP contribution in [0.5, 0.6) is 5.75 Å². The van der Waals surface area contributed by atoms with Gasteiger partial charge in [-0.15, -0.1) is 0 Å². The third-order valence-electron chi connectivity index (χ3n) is 5.25. The number of para-hydroxylation sites is 1. The van der Waals surface area contributed by atoms with Crippen molar-refractivity contribution < 1.29 is 23.9 Å². The monoisotopic (exact) mass is 489 g/mol. The fraction of sp³-hybridized carbons (Fsp3) is 0.192. The number of pyridine rings is 1. The number of benzene rings is 2. The molecular weight excluding hydrogens is 462 g/mol. The second-order valence-electron chi connectivity index (χ2n) is 8.10. The molecule has 10 nitrogen and oxygen atoms in total. The number of hydrazine groups is 1. The summed E-state index contributed by atoms with van der Waals surface area (Å²) in [5.74, 6) is -1.77. The van der Waals surface area contributed by atoms with E-state index < -0.39 is 29.7 Å². The Kier molecular flexibility index (Phi) is 8.71. The molecule has 1 heterocycles. The molecule has 0 bridgehead atoms. The highest BCUT2D eigenvalue weighted by molar-refractivity contribution is 6.09. The minimum atomic E-state index is -0.958. The lowest BCUT2D eigenvalue weighted by Crippen LogP contribution is -2.54. The Bertz CT molecular complexity index is 1230. The molecule has 0 saturated carbocycles. The fourth-order valence-electron chi connectivity index (χ4n) is 3.25. The average molecular weight is 490 g/mol. The molecule has 10 heteroatoms. The van der Waals surface area contributed by atoms with Crippen LogP contribution in [0, 0.1) is 5.92 Å². The summed E-state index contributed by atoms with van der Waals surface area (Å²) < 4.78 is 5.10. The van der Waals surface area contributed by atoms with Gasteiger partial charge in [-0.25, -0.2) is 0 Å². The Hall–Kier alpha value is -4.73. The van der Waals surface area contributed by atoms with E-state index >= 15 is 0 Å². The molecule has 0 fully saturated rings. The van der Waals surface area contributed by atoms with Gasteiger partial charge in [0.25, 0.3) is 23.6 Å². The molecule has 0 unspecified atom stereocenters. The van der Waals surface area contributed by atoms with Gasteiger partial charge in [0.05, 0.1) is 18.4 Å². The molecule has 0 aliphatic rings. The van der Waals surface area contributed by atoms with Gasteiger partial charge in [-0.05, 0) is 54.4 Å². The molecule has 1 atom stereocenters. The molecule has 3 aromatic rings. The minimum absolute atomic E-state index is 0.179. The van der Waals surface area contributed by atoms with Crippen molar-refractivity contribution in [2.45, 2.75) is 19.9 Å². The second kappa shape index (κ2) is 12.1. The number of ether oxygens (including phenoxy) is 1. The number of nitrogens with one attached hydrogen (secondary N) is 4. The molecule has 3 rings (SSSR count). The third kappa shape index (κ3) is 6.66. The summed E-state index contributed by atoms with van der Waals surface area (Å²) in [5, 5.41) is 5.42. The van der Waals surface area contributed by atoms with Gasteiger partial charge < -0.3 is 15.4 Å². The predicted octanol–water partition coefficient (Wildman–Crippen LogP) is 2.56. The quantitative estimate of drug-likeness (QED) is 0.359. The van der Waals surface area contributed by atoms with Crippen LogP contribution in [0.15, 0.2) is 73.1 Å². The number of anilines is 1. The van der Waals surface area contributed by atoms with Crippen LogP contribution in [-0.4, -0.2) is 41.8 Å². The minimum Gasteiger partial charge on any atom is -0.497 e. The van der Waals surface area contributed by atoms with E-state index in [4.69, 9.17) is 4.74 Å². The Labute approximate surface area is 208 Å². The number of nitrogens with zero attached hydrogens (tertiary/aromatic N) is 1. The first-order valence-electron chi connectivity index (χ1n) is 11.2. The first-order chi connectivity index (χ1) is 17.3. The van der Waals surface area contributed by atoms with E-state index in [2.05, 4.69) is 26.5 Å². The highest BCUT2D eigenvalue weighted by atomic mass is 16.5. The molecule has 4 amide bonds. The summed E-state index contributed by atoms with van der Waals surface area (Å²) in [7, 11) is 1.53. The van der Waals surface area contributed by atoms with E-state index in [-0.39, 0.29) is 17.2 Å². The van der Waals surface area contributed by atoms with E-state index in [0.717, 1.165) is 0 Å². The van der Waals surface area contributed by atoms with Crippen molar-refractivity contribution in [3.05, 3.63) is 89.7 Å². The van der Waals surface area contributed by atoms with E-state index in [1.165, 1.54) is 31.6 Å². The van der Waals surface area contributed by atoms with Crippen LogP contribution in [0.3, 0.4) is 0 Å².